The molecule has 0 unspecified atom stereocenters. The van der Waals surface area contributed by atoms with E-state index in [1.54, 1.807) is 0 Å². The Hall–Kier alpha value is -0.0500. The maximum absolute atomic E-state index is 11.6. The van der Waals surface area contributed by atoms with Crippen molar-refractivity contribution in [3.8, 4) is 0 Å². The van der Waals surface area contributed by atoms with Crippen LogP contribution in [0.3, 0.4) is 0 Å². The van der Waals surface area contributed by atoms with Crippen LogP contribution in [0.1, 0.15) is 39.0 Å². The summed E-state index contributed by atoms with van der Waals surface area (Å²) < 4.78 is -0.249. The third kappa shape index (κ3) is 2.22. The summed E-state index contributed by atoms with van der Waals surface area (Å²) in [7, 11) is 0. The Kier molecular flexibility index (Phi) is 3.56. The minimum absolute atomic E-state index is 0.171. The summed E-state index contributed by atoms with van der Waals surface area (Å²) in [5.41, 5.74) is 0. The summed E-state index contributed by atoms with van der Waals surface area (Å²) in [6.45, 7) is 2.68. The fourth-order valence-electron chi connectivity index (χ4n) is 1.66. The molecular weight excluding hydrogens is 218 g/mol. The SMILES string of the molecule is CCNC(=O)C1(Br)CCCCC1. The minimum atomic E-state index is -0.249. The highest BCUT2D eigenvalue weighted by molar-refractivity contribution is 9.10. The van der Waals surface area contributed by atoms with Gasteiger partial charge in [-0.15, -0.1) is 0 Å². The zero-order valence-corrected chi connectivity index (χ0v) is 9.11. The van der Waals surface area contributed by atoms with Crippen molar-refractivity contribution in [1.82, 2.24) is 5.32 Å². The lowest BCUT2D eigenvalue weighted by Crippen LogP contribution is -2.43. The van der Waals surface area contributed by atoms with Crippen LogP contribution in [0.5, 0.6) is 0 Å². The van der Waals surface area contributed by atoms with Crippen molar-refractivity contribution in [2.24, 2.45) is 0 Å². The van der Waals surface area contributed by atoms with Gasteiger partial charge in [0, 0.05) is 6.54 Å². The van der Waals surface area contributed by atoms with E-state index < -0.39 is 0 Å². The lowest BCUT2D eigenvalue weighted by atomic mass is 9.88. The molecule has 0 aromatic heterocycles. The molecule has 0 saturated heterocycles. The first-order valence-electron chi connectivity index (χ1n) is 4.66. The number of hydrogen-bond donors (Lipinski definition) is 1. The van der Waals surface area contributed by atoms with Crippen molar-refractivity contribution < 1.29 is 4.79 Å². The van der Waals surface area contributed by atoms with E-state index >= 15 is 0 Å². The first-order chi connectivity index (χ1) is 5.69. The highest BCUT2D eigenvalue weighted by Gasteiger charge is 2.35. The summed E-state index contributed by atoms with van der Waals surface area (Å²) in [6.07, 6.45) is 5.58. The molecular formula is C9H16BrNO. The largest absolute Gasteiger partial charge is 0.355 e. The van der Waals surface area contributed by atoms with E-state index in [2.05, 4.69) is 21.2 Å². The molecule has 0 spiro atoms. The second-order valence-electron chi connectivity index (χ2n) is 3.39. The van der Waals surface area contributed by atoms with Crippen LogP contribution in [0.25, 0.3) is 0 Å². The molecule has 0 radical (unpaired) electrons. The molecule has 0 bridgehead atoms. The molecule has 2 nitrogen and oxygen atoms in total. The van der Waals surface area contributed by atoms with Crippen LogP contribution < -0.4 is 5.32 Å². The van der Waals surface area contributed by atoms with Gasteiger partial charge >= 0.3 is 0 Å². The number of hydrogen-bond acceptors (Lipinski definition) is 1. The molecule has 1 saturated carbocycles. The standard InChI is InChI=1S/C9H16BrNO/c1-2-11-8(12)9(10)6-4-3-5-7-9/h2-7H2,1H3,(H,11,12). The van der Waals surface area contributed by atoms with Gasteiger partial charge in [0.05, 0.1) is 0 Å². The Labute approximate surface area is 82.2 Å². The second-order valence-corrected chi connectivity index (χ2v) is 4.90. The molecule has 70 valence electrons. The Bertz CT molecular complexity index is 164. The Balaban J connectivity index is 2.50. The van der Waals surface area contributed by atoms with Gasteiger partial charge in [-0.25, -0.2) is 0 Å². The van der Waals surface area contributed by atoms with Crippen LogP contribution in [0, 0.1) is 0 Å². The van der Waals surface area contributed by atoms with Crippen molar-refractivity contribution in [3.05, 3.63) is 0 Å². The lowest BCUT2D eigenvalue weighted by molar-refractivity contribution is -0.123. The molecule has 1 aliphatic carbocycles. The topological polar surface area (TPSA) is 29.1 Å². The molecule has 12 heavy (non-hydrogen) atoms. The van der Waals surface area contributed by atoms with E-state index in [9.17, 15) is 4.79 Å². The molecule has 0 aromatic carbocycles. The predicted molar refractivity (Wildman–Crippen MR) is 53.4 cm³/mol. The molecule has 1 amide bonds. The lowest BCUT2D eigenvalue weighted by Gasteiger charge is -2.29. The van der Waals surface area contributed by atoms with Crippen LogP contribution in [-0.4, -0.2) is 16.8 Å². The Morgan fingerprint density at radius 3 is 2.50 bits per heavy atom. The summed E-state index contributed by atoms with van der Waals surface area (Å²) in [5, 5.41) is 2.87. The van der Waals surface area contributed by atoms with E-state index in [0.717, 1.165) is 19.4 Å². The van der Waals surface area contributed by atoms with Gasteiger partial charge in [0.25, 0.3) is 0 Å². The summed E-state index contributed by atoms with van der Waals surface area (Å²) in [5.74, 6) is 0.171. The van der Waals surface area contributed by atoms with Gasteiger partial charge in [0.1, 0.15) is 4.32 Å². The minimum Gasteiger partial charge on any atom is -0.355 e. The number of amides is 1. The first-order valence-corrected chi connectivity index (χ1v) is 5.45. The van der Waals surface area contributed by atoms with Crippen LogP contribution in [0.4, 0.5) is 0 Å². The van der Waals surface area contributed by atoms with Gasteiger partial charge in [-0.05, 0) is 19.8 Å². The van der Waals surface area contributed by atoms with Gasteiger partial charge in [-0.3, -0.25) is 4.79 Å². The average molecular weight is 234 g/mol. The second kappa shape index (κ2) is 4.26. The Morgan fingerprint density at radius 2 is 2.00 bits per heavy atom. The summed E-state index contributed by atoms with van der Waals surface area (Å²) >= 11 is 3.55. The maximum Gasteiger partial charge on any atom is 0.236 e. The van der Waals surface area contributed by atoms with Gasteiger partial charge in [-0.2, -0.15) is 0 Å². The molecule has 0 aliphatic heterocycles. The van der Waals surface area contributed by atoms with Crippen molar-refractivity contribution in [2.75, 3.05) is 6.54 Å². The zero-order valence-electron chi connectivity index (χ0n) is 7.53. The van der Waals surface area contributed by atoms with Crippen molar-refractivity contribution in [2.45, 2.75) is 43.4 Å². The van der Waals surface area contributed by atoms with Crippen LogP contribution in [0.2, 0.25) is 0 Å². The molecule has 1 N–H and O–H groups in total. The normalized spacial score (nSPS) is 21.8. The average Bonchev–Trinajstić information content (AvgIpc) is 2.06. The molecule has 0 aromatic rings. The number of halogens is 1. The van der Waals surface area contributed by atoms with Gasteiger partial charge < -0.3 is 5.32 Å². The van der Waals surface area contributed by atoms with E-state index in [1.165, 1.54) is 19.3 Å². The van der Waals surface area contributed by atoms with Crippen molar-refractivity contribution in [3.63, 3.8) is 0 Å². The summed E-state index contributed by atoms with van der Waals surface area (Å²) in [4.78, 5) is 11.6. The van der Waals surface area contributed by atoms with Crippen LogP contribution >= 0.6 is 15.9 Å². The van der Waals surface area contributed by atoms with E-state index in [-0.39, 0.29) is 10.2 Å². The highest BCUT2D eigenvalue weighted by atomic mass is 79.9. The first kappa shape index (κ1) is 10.0. The number of nitrogens with one attached hydrogen (secondary N) is 1. The molecule has 1 rings (SSSR count). The summed E-state index contributed by atoms with van der Waals surface area (Å²) in [6, 6.07) is 0. The number of alkyl halides is 1. The monoisotopic (exact) mass is 233 g/mol. The highest BCUT2D eigenvalue weighted by Crippen LogP contribution is 2.35. The third-order valence-corrected chi connectivity index (χ3v) is 3.54. The molecule has 1 fully saturated rings. The third-order valence-electron chi connectivity index (χ3n) is 2.39. The quantitative estimate of drug-likeness (QED) is 0.729. The number of carbonyl (C=O) groups is 1. The molecule has 0 heterocycles. The van der Waals surface area contributed by atoms with Gasteiger partial charge in [0.2, 0.25) is 5.91 Å². The molecule has 3 heteroatoms. The van der Waals surface area contributed by atoms with E-state index in [1.807, 2.05) is 6.92 Å². The van der Waals surface area contributed by atoms with Gasteiger partial charge in [0.15, 0.2) is 0 Å². The van der Waals surface area contributed by atoms with Gasteiger partial charge in [-0.1, -0.05) is 35.2 Å². The smallest absolute Gasteiger partial charge is 0.236 e. The number of rotatable bonds is 2. The van der Waals surface area contributed by atoms with E-state index in [0.29, 0.717) is 0 Å². The van der Waals surface area contributed by atoms with E-state index in [4.69, 9.17) is 0 Å². The Morgan fingerprint density at radius 1 is 1.42 bits per heavy atom. The van der Waals surface area contributed by atoms with Crippen molar-refractivity contribution >= 4 is 21.8 Å². The molecule has 1 aliphatic rings. The zero-order chi connectivity index (χ0) is 9.03. The predicted octanol–water partition coefficient (Wildman–Crippen LogP) is 2.22. The molecule has 0 atom stereocenters. The number of carbonyl (C=O) groups excluding carboxylic acids is 1. The fraction of sp³-hybridized carbons (Fsp3) is 0.889. The van der Waals surface area contributed by atoms with Crippen molar-refractivity contribution in [1.29, 1.82) is 0 Å². The van der Waals surface area contributed by atoms with Crippen LogP contribution in [-0.2, 0) is 4.79 Å². The maximum atomic E-state index is 11.6. The van der Waals surface area contributed by atoms with Crippen LogP contribution in [0.15, 0.2) is 0 Å². The fourth-order valence-corrected chi connectivity index (χ4v) is 2.36.